The van der Waals surface area contributed by atoms with E-state index in [1.807, 2.05) is 0 Å². The lowest BCUT2D eigenvalue weighted by atomic mass is 9.98. The minimum absolute atomic E-state index is 0.0128. The van der Waals surface area contributed by atoms with Crippen molar-refractivity contribution in [1.29, 1.82) is 0 Å². The van der Waals surface area contributed by atoms with Crippen molar-refractivity contribution in [2.24, 2.45) is 7.05 Å². The summed E-state index contributed by atoms with van der Waals surface area (Å²) in [6, 6.07) is 2.66. The molecule has 12 heteroatoms. The summed E-state index contributed by atoms with van der Waals surface area (Å²) in [6.45, 7) is 1.46. The molecule has 1 aliphatic rings. The molecular weight excluding hydrogens is 461 g/mol. The van der Waals surface area contributed by atoms with E-state index in [1.165, 1.54) is 26.2 Å². The lowest BCUT2D eigenvalue weighted by Gasteiger charge is -2.26. The number of rotatable bonds is 5. The highest BCUT2D eigenvalue weighted by Gasteiger charge is 2.48. The number of aryl methyl sites for hydroxylation is 1. The van der Waals surface area contributed by atoms with Gasteiger partial charge in [0.1, 0.15) is 17.8 Å². The van der Waals surface area contributed by atoms with E-state index in [-0.39, 0.29) is 46.1 Å². The number of nitrogens with one attached hydrogen (secondary N) is 1. The van der Waals surface area contributed by atoms with Crippen LogP contribution in [-0.4, -0.2) is 48.0 Å². The zero-order valence-electron chi connectivity index (χ0n) is 17.7. The van der Waals surface area contributed by atoms with Crippen LogP contribution in [0.5, 0.6) is 0 Å². The maximum Gasteiger partial charge on any atom is 0.255 e. The third-order valence-electron chi connectivity index (χ3n) is 5.65. The first kappa shape index (κ1) is 23.1. The minimum Gasteiger partial charge on any atom is -0.377 e. The zero-order valence-corrected chi connectivity index (χ0v) is 18.4. The van der Waals surface area contributed by atoms with Gasteiger partial charge in [0.25, 0.3) is 5.91 Å². The summed E-state index contributed by atoms with van der Waals surface area (Å²) in [4.78, 5) is 17.6. The minimum atomic E-state index is -2.14. The average Bonchev–Trinajstić information content (AvgIpc) is 3.33. The Hall–Kier alpha value is -3.05. The Morgan fingerprint density at radius 2 is 2.09 bits per heavy atom. The van der Waals surface area contributed by atoms with E-state index in [1.54, 1.807) is 0 Å². The highest BCUT2D eigenvalue weighted by Crippen LogP contribution is 2.36. The number of benzene rings is 1. The first-order valence-corrected chi connectivity index (χ1v) is 10.5. The van der Waals surface area contributed by atoms with Crippen LogP contribution in [0, 0.1) is 11.6 Å². The molecular formula is C21H20ClF3N6O2. The lowest BCUT2D eigenvalue weighted by Crippen LogP contribution is -2.51. The van der Waals surface area contributed by atoms with Crippen LogP contribution in [0.1, 0.15) is 37.9 Å². The molecule has 8 nitrogen and oxygen atoms in total. The fraction of sp³-hybridized carbons (Fsp3) is 0.381. The van der Waals surface area contributed by atoms with E-state index in [2.05, 4.69) is 25.7 Å². The zero-order chi connectivity index (χ0) is 23.9. The molecule has 3 atom stereocenters. The number of halogens is 4. The van der Waals surface area contributed by atoms with Crippen molar-refractivity contribution in [3.05, 3.63) is 46.7 Å². The standard InChI is InChI=1S/C21H20ClF3N6O2/c1-10(27-20(32)21(33)5-3-4-16(21)25)18-15(24)6-11(9-26-18)13-7-12(22)8-14(23)17(13)19-28-30-31(2)29-19/h6-10,16,33H,3-5H2,1-2H3,(H,27,32)/t10-,16?,21?/m1/s1. The molecule has 1 aliphatic carbocycles. The Balaban J connectivity index is 1.65. The van der Waals surface area contributed by atoms with E-state index in [0.717, 1.165) is 16.9 Å². The molecule has 1 aromatic carbocycles. The van der Waals surface area contributed by atoms with Crippen molar-refractivity contribution in [3.8, 4) is 22.5 Å². The fourth-order valence-corrected chi connectivity index (χ4v) is 4.12. The number of aromatic nitrogens is 5. The van der Waals surface area contributed by atoms with E-state index < -0.39 is 35.4 Å². The largest absolute Gasteiger partial charge is 0.377 e. The van der Waals surface area contributed by atoms with Crippen molar-refractivity contribution >= 4 is 17.5 Å². The highest BCUT2D eigenvalue weighted by molar-refractivity contribution is 6.31. The van der Waals surface area contributed by atoms with Gasteiger partial charge in [-0.15, -0.1) is 10.2 Å². The summed E-state index contributed by atoms with van der Waals surface area (Å²) in [5, 5.41) is 24.3. The highest BCUT2D eigenvalue weighted by atomic mass is 35.5. The van der Waals surface area contributed by atoms with Gasteiger partial charge >= 0.3 is 0 Å². The van der Waals surface area contributed by atoms with Gasteiger partial charge in [0.2, 0.25) is 5.82 Å². The van der Waals surface area contributed by atoms with Crippen molar-refractivity contribution < 1.29 is 23.1 Å². The lowest BCUT2D eigenvalue weighted by molar-refractivity contribution is -0.145. The molecule has 0 aliphatic heterocycles. The first-order chi connectivity index (χ1) is 15.6. The van der Waals surface area contributed by atoms with Crippen LogP contribution in [0.25, 0.3) is 22.5 Å². The number of hydrogen-bond donors (Lipinski definition) is 2. The Morgan fingerprint density at radius 3 is 2.70 bits per heavy atom. The Labute approximate surface area is 191 Å². The number of aliphatic hydroxyl groups is 1. The molecule has 174 valence electrons. The number of pyridine rings is 1. The van der Waals surface area contributed by atoms with E-state index >= 15 is 4.39 Å². The molecule has 2 N–H and O–H groups in total. The summed E-state index contributed by atoms with van der Waals surface area (Å²) in [5.41, 5.74) is -1.91. The molecule has 1 fully saturated rings. The second-order valence-corrected chi connectivity index (χ2v) is 8.42. The second kappa shape index (κ2) is 8.71. The molecule has 0 radical (unpaired) electrons. The van der Waals surface area contributed by atoms with Gasteiger partial charge in [-0.25, -0.2) is 13.2 Å². The summed E-state index contributed by atoms with van der Waals surface area (Å²) in [7, 11) is 1.52. The molecule has 0 spiro atoms. The third kappa shape index (κ3) is 4.30. The predicted octanol–water partition coefficient (Wildman–Crippen LogP) is 3.30. The third-order valence-corrected chi connectivity index (χ3v) is 5.87. The number of carbonyl (C=O) groups is 1. The molecule has 1 saturated carbocycles. The van der Waals surface area contributed by atoms with Crippen LogP contribution in [0.2, 0.25) is 5.02 Å². The monoisotopic (exact) mass is 480 g/mol. The van der Waals surface area contributed by atoms with Crippen molar-refractivity contribution in [3.63, 3.8) is 0 Å². The Morgan fingerprint density at radius 1 is 1.33 bits per heavy atom. The Bertz CT molecular complexity index is 1220. The molecule has 2 heterocycles. The normalized spacial score (nSPS) is 21.2. The summed E-state index contributed by atoms with van der Waals surface area (Å²) in [5.74, 6) is -2.45. The summed E-state index contributed by atoms with van der Waals surface area (Å²) < 4.78 is 43.7. The number of amides is 1. The van der Waals surface area contributed by atoms with Crippen LogP contribution < -0.4 is 5.32 Å². The van der Waals surface area contributed by atoms with Gasteiger partial charge in [-0.05, 0) is 55.2 Å². The van der Waals surface area contributed by atoms with Gasteiger partial charge in [0.15, 0.2) is 5.60 Å². The van der Waals surface area contributed by atoms with Crippen LogP contribution in [0.15, 0.2) is 24.4 Å². The van der Waals surface area contributed by atoms with Gasteiger partial charge in [-0.3, -0.25) is 9.78 Å². The molecule has 2 aromatic heterocycles. The summed E-state index contributed by atoms with van der Waals surface area (Å²) >= 11 is 6.01. The molecule has 2 unspecified atom stereocenters. The summed E-state index contributed by atoms with van der Waals surface area (Å²) in [6.07, 6.45) is 0.0458. The number of carbonyl (C=O) groups excluding carboxylic acids is 1. The number of alkyl halides is 1. The van der Waals surface area contributed by atoms with Crippen LogP contribution in [0.3, 0.4) is 0 Å². The van der Waals surface area contributed by atoms with Gasteiger partial charge < -0.3 is 10.4 Å². The quantitative estimate of drug-likeness (QED) is 0.580. The number of tetrazole rings is 1. The van der Waals surface area contributed by atoms with Crippen molar-refractivity contribution in [1.82, 2.24) is 30.5 Å². The number of nitrogens with zero attached hydrogens (tertiary/aromatic N) is 5. The molecule has 1 amide bonds. The molecule has 3 aromatic rings. The van der Waals surface area contributed by atoms with E-state index in [0.29, 0.717) is 6.42 Å². The predicted molar refractivity (Wildman–Crippen MR) is 113 cm³/mol. The van der Waals surface area contributed by atoms with Gasteiger partial charge in [0, 0.05) is 16.8 Å². The van der Waals surface area contributed by atoms with E-state index in [4.69, 9.17) is 11.6 Å². The SMILES string of the molecule is C[C@@H](NC(=O)C1(O)CCCC1F)c1ncc(-c2cc(Cl)cc(F)c2-c2nnn(C)n2)cc1F. The fourth-order valence-electron chi connectivity index (χ4n) is 3.92. The van der Waals surface area contributed by atoms with Gasteiger partial charge in [-0.2, -0.15) is 4.80 Å². The topological polar surface area (TPSA) is 106 Å². The van der Waals surface area contributed by atoms with E-state index in [9.17, 15) is 18.7 Å². The average molecular weight is 481 g/mol. The second-order valence-electron chi connectivity index (χ2n) is 7.98. The number of hydrogen-bond acceptors (Lipinski definition) is 6. The first-order valence-electron chi connectivity index (χ1n) is 10.2. The smallest absolute Gasteiger partial charge is 0.255 e. The van der Waals surface area contributed by atoms with Crippen molar-refractivity contribution in [2.45, 2.75) is 44.0 Å². The molecule has 4 rings (SSSR count). The van der Waals surface area contributed by atoms with Crippen LogP contribution >= 0.6 is 11.6 Å². The molecule has 33 heavy (non-hydrogen) atoms. The van der Waals surface area contributed by atoms with Gasteiger partial charge in [-0.1, -0.05) is 11.6 Å². The Kier molecular flexibility index (Phi) is 6.10. The maximum absolute atomic E-state index is 15.0. The van der Waals surface area contributed by atoms with Gasteiger partial charge in [0.05, 0.1) is 24.3 Å². The molecule has 0 saturated heterocycles. The van der Waals surface area contributed by atoms with Crippen LogP contribution in [-0.2, 0) is 11.8 Å². The van der Waals surface area contributed by atoms with Crippen molar-refractivity contribution in [2.75, 3.05) is 0 Å². The molecule has 0 bridgehead atoms. The van der Waals surface area contributed by atoms with Crippen LogP contribution in [0.4, 0.5) is 13.2 Å². The maximum atomic E-state index is 15.0.